The highest BCUT2D eigenvalue weighted by Crippen LogP contribution is 2.15. The van der Waals surface area contributed by atoms with Crippen LogP contribution in [0.5, 0.6) is 0 Å². The van der Waals surface area contributed by atoms with Crippen LogP contribution in [0.2, 0.25) is 15.5 Å². The van der Waals surface area contributed by atoms with Crippen LogP contribution in [-0.2, 0) is 0 Å². The average Bonchev–Trinajstić information content (AvgIpc) is 2.31. The molecule has 0 aliphatic carbocycles. The third kappa shape index (κ3) is 3.32. The molecule has 0 bridgehead atoms. The molecule has 1 aromatic carbocycles. The molecule has 1 heterocycles. The maximum absolute atomic E-state index is 11.9. The SMILES string of the molecule is O=C(Nc1ccc(Cl)cc1)c1cc(Cl)nc(Cl)n1. The minimum absolute atomic E-state index is 0.0799. The molecule has 0 unspecified atom stereocenters. The monoisotopic (exact) mass is 301 g/mol. The van der Waals surface area contributed by atoms with Gasteiger partial charge in [0.1, 0.15) is 10.8 Å². The first-order chi connectivity index (χ1) is 8.54. The van der Waals surface area contributed by atoms with Crippen molar-refractivity contribution in [1.82, 2.24) is 9.97 Å². The lowest BCUT2D eigenvalue weighted by Gasteiger charge is -2.05. The maximum atomic E-state index is 11.9. The molecule has 0 aliphatic heterocycles. The van der Waals surface area contributed by atoms with Crippen molar-refractivity contribution in [3.63, 3.8) is 0 Å². The van der Waals surface area contributed by atoms with Crippen LogP contribution < -0.4 is 5.32 Å². The van der Waals surface area contributed by atoms with Crippen LogP contribution in [0.15, 0.2) is 30.3 Å². The summed E-state index contributed by atoms with van der Waals surface area (Å²) in [6.07, 6.45) is 0. The number of carbonyl (C=O) groups excluding carboxylic acids is 1. The molecule has 0 saturated carbocycles. The number of nitrogens with zero attached hydrogens (tertiary/aromatic N) is 2. The molecule has 92 valence electrons. The van der Waals surface area contributed by atoms with Crippen LogP contribution in [0.1, 0.15) is 10.5 Å². The van der Waals surface area contributed by atoms with Crippen molar-refractivity contribution in [3.05, 3.63) is 51.5 Å². The fraction of sp³-hybridized carbons (Fsp3) is 0. The van der Waals surface area contributed by atoms with Crippen molar-refractivity contribution in [2.75, 3.05) is 5.32 Å². The lowest BCUT2D eigenvalue weighted by atomic mass is 10.3. The smallest absolute Gasteiger partial charge is 0.274 e. The Kier molecular flexibility index (Phi) is 4.01. The first-order valence-electron chi connectivity index (χ1n) is 4.81. The van der Waals surface area contributed by atoms with Crippen molar-refractivity contribution in [2.24, 2.45) is 0 Å². The fourth-order valence-electron chi connectivity index (χ4n) is 1.23. The number of hydrogen-bond donors (Lipinski definition) is 1. The highest BCUT2D eigenvalue weighted by atomic mass is 35.5. The first kappa shape index (κ1) is 13.1. The van der Waals surface area contributed by atoms with Gasteiger partial charge in [0.2, 0.25) is 5.28 Å². The third-order valence-corrected chi connectivity index (χ3v) is 2.62. The van der Waals surface area contributed by atoms with E-state index in [1.54, 1.807) is 24.3 Å². The van der Waals surface area contributed by atoms with Crippen LogP contribution in [0.25, 0.3) is 0 Å². The molecule has 7 heteroatoms. The predicted molar refractivity (Wildman–Crippen MR) is 71.5 cm³/mol. The van der Waals surface area contributed by atoms with Crippen molar-refractivity contribution in [2.45, 2.75) is 0 Å². The molecule has 18 heavy (non-hydrogen) atoms. The summed E-state index contributed by atoms with van der Waals surface area (Å²) in [7, 11) is 0. The molecule has 2 aromatic rings. The van der Waals surface area contributed by atoms with Crippen molar-refractivity contribution in [3.8, 4) is 0 Å². The Morgan fingerprint density at radius 1 is 1.06 bits per heavy atom. The van der Waals surface area contributed by atoms with Crippen LogP contribution >= 0.6 is 34.8 Å². The number of carbonyl (C=O) groups is 1. The summed E-state index contributed by atoms with van der Waals surface area (Å²) in [5.41, 5.74) is 0.685. The number of rotatable bonds is 2. The zero-order valence-corrected chi connectivity index (χ0v) is 11.1. The van der Waals surface area contributed by atoms with E-state index in [0.717, 1.165) is 0 Å². The number of nitrogens with one attached hydrogen (secondary N) is 1. The number of hydrogen-bond acceptors (Lipinski definition) is 3. The lowest BCUT2D eigenvalue weighted by Crippen LogP contribution is -2.14. The van der Waals surface area contributed by atoms with Crippen molar-refractivity contribution >= 4 is 46.4 Å². The van der Waals surface area contributed by atoms with Gasteiger partial charge in [-0.05, 0) is 35.9 Å². The summed E-state index contributed by atoms with van der Waals surface area (Å²) < 4.78 is 0. The van der Waals surface area contributed by atoms with Gasteiger partial charge < -0.3 is 5.32 Å². The Bertz CT molecular complexity index is 566. The molecule has 1 amide bonds. The first-order valence-corrected chi connectivity index (χ1v) is 5.95. The second kappa shape index (κ2) is 5.52. The van der Waals surface area contributed by atoms with Gasteiger partial charge in [-0.2, -0.15) is 0 Å². The fourth-order valence-corrected chi connectivity index (χ4v) is 1.77. The number of anilines is 1. The van der Waals surface area contributed by atoms with E-state index in [2.05, 4.69) is 15.3 Å². The van der Waals surface area contributed by atoms with Gasteiger partial charge in [0.15, 0.2) is 0 Å². The summed E-state index contributed by atoms with van der Waals surface area (Å²) in [6.45, 7) is 0. The minimum atomic E-state index is -0.427. The van der Waals surface area contributed by atoms with Crippen molar-refractivity contribution < 1.29 is 4.79 Å². The molecule has 0 fully saturated rings. The van der Waals surface area contributed by atoms with E-state index in [4.69, 9.17) is 34.8 Å². The van der Waals surface area contributed by atoms with E-state index in [1.807, 2.05) is 0 Å². The van der Waals surface area contributed by atoms with Crippen molar-refractivity contribution in [1.29, 1.82) is 0 Å². The predicted octanol–water partition coefficient (Wildman–Crippen LogP) is 3.69. The molecule has 4 nitrogen and oxygen atoms in total. The molecule has 1 aromatic heterocycles. The Balaban J connectivity index is 2.19. The van der Waals surface area contributed by atoms with Gasteiger partial charge in [0.05, 0.1) is 0 Å². The maximum Gasteiger partial charge on any atom is 0.274 e. The molecular weight excluding hydrogens is 296 g/mol. The van der Waals surface area contributed by atoms with Crippen LogP contribution in [-0.4, -0.2) is 15.9 Å². The van der Waals surface area contributed by atoms with Gasteiger partial charge in [-0.3, -0.25) is 4.79 Å². The normalized spacial score (nSPS) is 10.2. The Morgan fingerprint density at radius 3 is 2.33 bits per heavy atom. The van der Waals surface area contributed by atoms with E-state index in [1.165, 1.54) is 6.07 Å². The number of benzene rings is 1. The summed E-state index contributed by atoms with van der Waals surface area (Å²) in [6, 6.07) is 8.00. The van der Waals surface area contributed by atoms with Gasteiger partial charge in [-0.1, -0.05) is 23.2 Å². The molecule has 1 N–H and O–H groups in total. The highest BCUT2D eigenvalue weighted by Gasteiger charge is 2.10. The zero-order valence-electron chi connectivity index (χ0n) is 8.82. The van der Waals surface area contributed by atoms with Gasteiger partial charge in [-0.15, -0.1) is 0 Å². The quantitative estimate of drug-likeness (QED) is 0.680. The standard InChI is InChI=1S/C11H6Cl3N3O/c12-6-1-3-7(4-2-6)15-10(18)8-5-9(13)17-11(14)16-8/h1-5H,(H,15,18). The summed E-state index contributed by atoms with van der Waals surface area (Å²) in [5.74, 6) is -0.427. The Labute approximate surface area is 118 Å². The van der Waals surface area contributed by atoms with Crippen LogP contribution in [0, 0.1) is 0 Å². The second-order valence-corrected chi connectivity index (χ2v) is 4.47. The second-order valence-electron chi connectivity index (χ2n) is 3.31. The molecule has 2 rings (SSSR count). The molecule has 0 atom stereocenters. The van der Waals surface area contributed by atoms with Gasteiger partial charge in [-0.25, -0.2) is 9.97 Å². The van der Waals surface area contributed by atoms with Crippen LogP contribution in [0.3, 0.4) is 0 Å². The Morgan fingerprint density at radius 2 is 1.72 bits per heavy atom. The third-order valence-electron chi connectivity index (χ3n) is 2.00. The molecule has 0 saturated heterocycles. The topological polar surface area (TPSA) is 54.9 Å². The molecule has 0 aliphatic rings. The molecule has 0 spiro atoms. The van der Waals surface area contributed by atoms with E-state index in [-0.39, 0.29) is 16.1 Å². The van der Waals surface area contributed by atoms with E-state index >= 15 is 0 Å². The van der Waals surface area contributed by atoms with E-state index < -0.39 is 5.91 Å². The molecule has 0 radical (unpaired) electrons. The van der Waals surface area contributed by atoms with E-state index in [0.29, 0.717) is 10.7 Å². The summed E-state index contributed by atoms with van der Waals surface area (Å²) in [5, 5.41) is 3.25. The van der Waals surface area contributed by atoms with E-state index in [9.17, 15) is 4.79 Å². The number of amides is 1. The van der Waals surface area contributed by atoms with Gasteiger partial charge in [0.25, 0.3) is 5.91 Å². The minimum Gasteiger partial charge on any atom is -0.321 e. The average molecular weight is 303 g/mol. The number of aromatic nitrogens is 2. The molecular formula is C11H6Cl3N3O. The lowest BCUT2D eigenvalue weighted by molar-refractivity contribution is 0.102. The van der Waals surface area contributed by atoms with Gasteiger partial charge in [0, 0.05) is 16.8 Å². The zero-order chi connectivity index (χ0) is 13.1. The number of halogens is 3. The van der Waals surface area contributed by atoms with Gasteiger partial charge >= 0.3 is 0 Å². The summed E-state index contributed by atoms with van der Waals surface area (Å²) in [4.78, 5) is 19.3. The summed E-state index contributed by atoms with van der Waals surface area (Å²) >= 11 is 17.0. The van der Waals surface area contributed by atoms with Crippen LogP contribution in [0.4, 0.5) is 5.69 Å². The Hall–Kier alpha value is -1.36. The largest absolute Gasteiger partial charge is 0.321 e. The highest BCUT2D eigenvalue weighted by molar-refractivity contribution is 6.32.